The van der Waals surface area contributed by atoms with Crippen molar-refractivity contribution in [3.63, 3.8) is 0 Å². The molecule has 0 bridgehead atoms. The molecule has 98 valence electrons. The molecule has 0 N–H and O–H groups in total. The number of rotatable bonds is 2. The number of pyridine rings is 1. The molecule has 18 heavy (non-hydrogen) atoms. The number of carbonyl (C=O) groups is 1. The summed E-state index contributed by atoms with van der Waals surface area (Å²) in [5, 5.41) is -0.637. The van der Waals surface area contributed by atoms with Gasteiger partial charge in [0.15, 0.2) is 5.82 Å². The van der Waals surface area contributed by atoms with Crippen LogP contribution in [0.5, 0.6) is 0 Å². The Balaban J connectivity index is 2.33. The molecule has 1 fully saturated rings. The van der Waals surface area contributed by atoms with E-state index in [1.807, 2.05) is 0 Å². The molecular weight excluding hydrogens is 261 g/mol. The molecule has 2 heterocycles. The second-order valence-corrected chi connectivity index (χ2v) is 5.80. The molecule has 0 spiro atoms. The fraction of sp³-hybridized carbons (Fsp3) is 0.400. The molecule has 1 saturated heterocycles. The van der Waals surface area contributed by atoms with Crippen LogP contribution in [0.15, 0.2) is 23.4 Å². The van der Waals surface area contributed by atoms with Gasteiger partial charge in [-0.15, -0.1) is 0 Å². The summed E-state index contributed by atoms with van der Waals surface area (Å²) in [5.41, 5.74) is 0. The van der Waals surface area contributed by atoms with Crippen molar-refractivity contribution in [1.82, 2.24) is 14.2 Å². The molecule has 0 atom stereocenters. The lowest BCUT2D eigenvalue weighted by atomic mass is 10.4. The maximum Gasteiger partial charge on any atom is 0.264 e. The van der Waals surface area contributed by atoms with Crippen molar-refractivity contribution in [3.8, 4) is 0 Å². The Kier molecular flexibility index (Phi) is 3.31. The lowest BCUT2D eigenvalue weighted by Crippen LogP contribution is -2.50. The Bertz CT molecular complexity index is 575. The third-order valence-electron chi connectivity index (χ3n) is 2.73. The van der Waals surface area contributed by atoms with E-state index in [0.29, 0.717) is 0 Å². The van der Waals surface area contributed by atoms with Crippen LogP contribution >= 0.6 is 0 Å². The van der Waals surface area contributed by atoms with Crippen LogP contribution in [0.1, 0.15) is 0 Å². The molecule has 0 aliphatic carbocycles. The molecule has 0 saturated carbocycles. The van der Waals surface area contributed by atoms with Gasteiger partial charge in [0.05, 0.1) is 6.54 Å². The summed E-state index contributed by atoms with van der Waals surface area (Å²) in [7, 11) is -2.46. The summed E-state index contributed by atoms with van der Waals surface area (Å²) in [5.74, 6) is -1.23. The number of piperazine rings is 1. The van der Waals surface area contributed by atoms with Gasteiger partial charge in [0.2, 0.25) is 10.9 Å². The van der Waals surface area contributed by atoms with Gasteiger partial charge in [-0.2, -0.15) is 4.31 Å². The molecule has 0 radical (unpaired) electrons. The maximum absolute atomic E-state index is 13.5. The topological polar surface area (TPSA) is 70.6 Å². The van der Waals surface area contributed by atoms with Gasteiger partial charge in [-0.25, -0.2) is 17.8 Å². The Hall–Kier alpha value is -1.54. The van der Waals surface area contributed by atoms with Gasteiger partial charge in [-0.05, 0) is 12.1 Å². The largest absolute Gasteiger partial charge is 0.343 e. The van der Waals surface area contributed by atoms with Crippen molar-refractivity contribution in [3.05, 3.63) is 24.1 Å². The quantitative estimate of drug-likeness (QED) is 0.740. The smallest absolute Gasteiger partial charge is 0.264 e. The number of carbonyl (C=O) groups excluding carboxylic acids is 1. The van der Waals surface area contributed by atoms with Crippen molar-refractivity contribution in [2.75, 3.05) is 26.7 Å². The SMILES string of the molecule is CN1CCN(S(=O)(=O)c2ncccc2F)CC1=O. The number of sulfonamides is 1. The van der Waals surface area contributed by atoms with Gasteiger partial charge < -0.3 is 4.90 Å². The summed E-state index contributed by atoms with van der Waals surface area (Å²) in [6.45, 7) is 0.141. The maximum atomic E-state index is 13.5. The van der Waals surface area contributed by atoms with Gasteiger partial charge >= 0.3 is 0 Å². The number of hydrogen-bond donors (Lipinski definition) is 0. The van der Waals surface area contributed by atoms with E-state index in [-0.39, 0.29) is 25.5 Å². The van der Waals surface area contributed by atoms with E-state index in [9.17, 15) is 17.6 Å². The summed E-state index contributed by atoms with van der Waals surface area (Å²) in [6.07, 6.45) is 1.20. The lowest BCUT2D eigenvalue weighted by Gasteiger charge is -2.30. The summed E-state index contributed by atoms with van der Waals surface area (Å²) in [6, 6.07) is 2.33. The second-order valence-electron chi connectivity index (χ2n) is 3.94. The summed E-state index contributed by atoms with van der Waals surface area (Å²) in [4.78, 5) is 16.4. The summed E-state index contributed by atoms with van der Waals surface area (Å²) < 4.78 is 38.6. The first-order valence-corrected chi connectivity index (χ1v) is 6.71. The molecule has 1 aromatic heterocycles. The predicted octanol–water partition coefficient (Wildman–Crippen LogP) is -0.317. The number of nitrogens with zero attached hydrogens (tertiary/aromatic N) is 3. The zero-order valence-electron chi connectivity index (χ0n) is 9.71. The Morgan fingerprint density at radius 3 is 2.72 bits per heavy atom. The van der Waals surface area contributed by atoms with E-state index in [1.165, 1.54) is 17.2 Å². The fourth-order valence-corrected chi connectivity index (χ4v) is 2.98. The normalized spacial score (nSPS) is 18.1. The minimum absolute atomic E-state index is 0.139. The fourth-order valence-electron chi connectivity index (χ4n) is 1.63. The first-order valence-electron chi connectivity index (χ1n) is 5.27. The Morgan fingerprint density at radius 2 is 2.11 bits per heavy atom. The molecule has 2 rings (SSSR count). The molecule has 1 aliphatic heterocycles. The molecular formula is C10H12FN3O3S. The van der Waals surface area contributed by atoms with Crippen LogP contribution in [0.3, 0.4) is 0 Å². The van der Waals surface area contributed by atoms with E-state index < -0.39 is 20.9 Å². The molecule has 8 heteroatoms. The van der Waals surface area contributed by atoms with E-state index in [4.69, 9.17) is 0 Å². The summed E-state index contributed by atoms with van der Waals surface area (Å²) >= 11 is 0. The van der Waals surface area contributed by atoms with E-state index in [0.717, 1.165) is 10.4 Å². The second kappa shape index (κ2) is 4.62. The van der Waals surface area contributed by atoms with Crippen molar-refractivity contribution in [2.24, 2.45) is 0 Å². The van der Waals surface area contributed by atoms with Crippen LogP contribution in [0.25, 0.3) is 0 Å². The Labute approximate surface area is 104 Å². The zero-order valence-corrected chi connectivity index (χ0v) is 10.5. The van der Waals surface area contributed by atoms with Gasteiger partial charge in [-0.1, -0.05) is 0 Å². The molecule has 1 aromatic rings. The van der Waals surface area contributed by atoms with Crippen molar-refractivity contribution in [2.45, 2.75) is 5.03 Å². The van der Waals surface area contributed by atoms with Crippen molar-refractivity contribution in [1.29, 1.82) is 0 Å². The molecule has 0 unspecified atom stereocenters. The van der Waals surface area contributed by atoms with Gasteiger partial charge in [-0.3, -0.25) is 4.79 Å². The van der Waals surface area contributed by atoms with E-state index >= 15 is 0 Å². The van der Waals surface area contributed by atoms with Crippen molar-refractivity contribution >= 4 is 15.9 Å². The monoisotopic (exact) mass is 273 g/mol. The van der Waals surface area contributed by atoms with E-state index in [2.05, 4.69) is 4.98 Å². The van der Waals surface area contributed by atoms with Gasteiger partial charge in [0.25, 0.3) is 10.0 Å². The van der Waals surface area contributed by atoms with Gasteiger partial charge in [0.1, 0.15) is 0 Å². The van der Waals surface area contributed by atoms with Crippen LogP contribution in [0.2, 0.25) is 0 Å². The van der Waals surface area contributed by atoms with Crippen LogP contribution in [0, 0.1) is 5.82 Å². The molecule has 1 amide bonds. The zero-order chi connectivity index (χ0) is 13.3. The number of amides is 1. The van der Waals surface area contributed by atoms with Crippen LogP contribution in [-0.2, 0) is 14.8 Å². The predicted molar refractivity (Wildman–Crippen MR) is 60.6 cm³/mol. The highest BCUT2D eigenvalue weighted by atomic mass is 32.2. The van der Waals surface area contributed by atoms with Crippen molar-refractivity contribution < 1.29 is 17.6 Å². The number of halogens is 1. The highest BCUT2D eigenvalue weighted by Crippen LogP contribution is 2.17. The average molecular weight is 273 g/mol. The Morgan fingerprint density at radius 1 is 1.39 bits per heavy atom. The molecule has 6 nitrogen and oxygen atoms in total. The number of aromatic nitrogens is 1. The number of likely N-dealkylation sites (N-methyl/N-ethyl adjacent to an activating group) is 1. The molecule has 0 aromatic carbocycles. The highest BCUT2D eigenvalue weighted by Gasteiger charge is 2.33. The van der Waals surface area contributed by atoms with Gasteiger partial charge in [0, 0.05) is 26.3 Å². The van der Waals surface area contributed by atoms with Crippen LogP contribution in [0.4, 0.5) is 4.39 Å². The third kappa shape index (κ3) is 2.21. The lowest BCUT2D eigenvalue weighted by molar-refractivity contribution is -0.132. The highest BCUT2D eigenvalue weighted by molar-refractivity contribution is 7.89. The minimum Gasteiger partial charge on any atom is -0.343 e. The average Bonchev–Trinajstić information content (AvgIpc) is 2.33. The number of hydrogen-bond acceptors (Lipinski definition) is 4. The first kappa shape index (κ1) is 12.9. The van der Waals surface area contributed by atoms with Crippen LogP contribution < -0.4 is 0 Å². The third-order valence-corrected chi connectivity index (χ3v) is 4.51. The minimum atomic E-state index is -4.05. The first-order chi connectivity index (χ1) is 8.43. The molecule has 1 aliphatic rings. The standard InChI is InChI=1S/C10H12FN3O3S/c1-13-5-6-14(7-9(13)15)18(16,17)10-8(11)3-2-4-12-10/h2-4H,5-7H2,1H3. The van der Waals surface area contributed by atoms with Crippen LogP contribution in [-0.4, -0.2) is 55.2 Å². The van der Waals surface area contributed by atoms with E-state index in [1.54, 1.807) is 7.05 Å².